The van der Waals surface area contributed by atoms with E-state index < -0.39 is 11.9 Å². The number of nitrogens with zero attached hydrogens (tertiary/aromatic N) is 6. The molecule has 3 aromatic heterocycles. The van der Waals surface area contributed by atoms with Crippen molar-refractivity contribution in [2.45, 2.75) is 26.8 Å². The first-order valence-corrected chi connectivity index (χ1v) is 12.0. The van der Waals surface area contributed by atoms with Crippen LogP contribution in [0, 0.1) is 25.7 Å². The number of hydrogen-bond acceptors (Lipinski definition) is 6. The zero-order valence-electron chi connectivity index (χ0n) is 21.4. The molecule has 38 heavy (non-hydrogen) atoms. The molecule has 0 bridgehead atoms. The summed E-state index contributed by atoms with van der Waals surface area (Å²) in [5, 5.41) is 7.48. The number of para-hydroxylation sites is 1. The number of carbonyl (C=O) groups excluding carboxylic acids is 1. The van der Waals surface area contributed by atoms with Gasteiger partial charge in [-0.3, -0.25) is 23.8 Å². The van der Waals surface area contributed by atoms with Gasteiger partial charge in [0.2, 0.25) is 0 Å². The lowest BCUT2D eigenvalue weighted by Gasteiger charge is -2.20. The average molecular weight is 504 g/mol. The van der Waals surface area contributed by atoms with Crippen LogP contribution in [0.1, 0.15) is 51.8 Å². The summed E-state index contributed by atoms with van der Waals surface area (Å²) in [6.45, 7) is 5.34. The summed E-state index contributed by atoms with van der Waals surface area (Å²) in [7, 11) is 1.82. The molecule has 0 fully saturated rings. The van der Waals surface area contributed by atoms with E-state index >= 15 is 0 Å². The molecule has 0 aliphatic heterocycles. The van der Waals surface area contributed by atoms with Crippen molar-refractivity contribution in [1.82, 2.24) is 34.6 Å². The van der Waals surface area contributed by atoms with Gasteiger partial charge in [-0.1, -0.05) is 36.1 Å². The lowest BCUT2D eigenvalue weighted by Crippen LogP contribution is -2.34. The molecule has 0 saturated heterocycles. The van der Waals surface area contributed by atoms with Gasteiger partial charge in [-0.15, -0.1) is 0 Å². The second-order valence-corrected chi connectivity index (χ2v) is 8.94. The summed E-state index contributed by atoms with van der Waals surface area (Å²) in [5.41, 5.74) is 3.61. The van der Waals surface area contributed by atoms with Crippen molar-refractivity contribution in [2.24, 2.45) is 7.05 Å². The molecule has 9 heteroatoms. The normalized spacial score (nSPS) is 11.6. The van der Waals surface area contributed by atoms with Crippen LogP contribution < -0.4 is 10.9 Å². The molecule has 1 amide bonds. The van der Waals surface area contributed by atoms with Gasteiger partial charge < -0.3 is 5.32 Å². The fourth-order valence-corrected chi connectivity index (χ4v) is 4.24. The second-order valence-electron chi connectivity index (χ2n) is 8.94. The van der Waals surface area contributed by atoms with Gasteiger partial charge in [0.1, 0.15) is 11.5 Å². The molecule has 3 heterocycles. The molecule has 0 spiro atoms. The first kappa shape index (κ1) is 24.6. The quantitative estimate of drug-likeness (QED) is 0.377. The standard InChI is InChI=1S/C29H25N7O2/c1-18-15-30-26(19(2)32-18)28(37)33-20(3)27-34-24-12-8-9-22(14-13-21-16-31-35(4)17-21)25(24)29(38)36(27)23-10-6-5-7-11-23/h5-12,15-17,20H,1-4H3,(H,33,37). The van der Waals surface area contributed by atoms with Gasteiger partial charge in [0.25, 0.3) is 11.5 Å². The zero-order chi connectivity index (χ0) is 26.8. The topological polar surface area (TPSA) is 108 Å². The van der Waals surface area contributed by atoms with Crippen LogP contribution in [0.15, 0.2) is 71.9 Å². The van der Waals surface area contributed by atoms with Crippen LogP contribution in [0.4, 0.5) is 0 Å². The number of carbonyl (C=O) groups is 1. The number of rotatable bonds is 4. The molecule has 1 N–H and O–H groups in total. The predicted octanol–water partition coefficient (Wildman–Crippen LogP) is 3.42. The van der Waals surface area contributed by atoms with Gasteiger partial charge in [-0.2, -0.15) is 5.10 Å². The van der Waals surface area contributed by atoms with Crippen LogP contribution >= 0.6 is 0 Å². The van der Waals surface area contributed by atoms with Gasteiger partial charge in [-0.05, 0) is 45.0 Å². The third-order valence-electron chi connectivity index (χ3n) is 6.00. The van der Waals surface area contributed by atoms with E-state index in [4.69, 9.17) is 4.98 Å². The van der Waals surface area contributed by atoms with E-state index in [0.29, 0.717) is 33.7 Å². The van der Waals surface area contributed by atoms with Crippen molar-refractivity contribution < 1.29 is 4.79 Å². The molecule has 2 aromatic carbocycles. The van der Waals surface area contributed by atoms with E-state index in [9.17, 15) is 9.59 Å². The number of fused-ring (bicyclic) bond motifs is 1. The van der Waals surface area contributed by atoms with Gasteiger partial charge in [0.05, 0.1) is 45.8 Å². The Labute approximate surface area is 219 Å². The van der Waals surface area contributed by atoms with Crippen LogP contribution in [0.25, 0.3) is 16.6 Å². The molecule has 0 saturated carbocycles. The maximum atomic E-state index is 14.0. The van der Waals surface area contributed by atoms with Crippen molar-refractivity contribution in [3.63, 3.8) is 0 Å². The van der Waals surface area contributed by atoms with Crippen molar-refractivity contribution in [2.75, 3.05) is 0 Å². The molecule has 0 aliphatic rings. The van der Waals surface area contributed by atoms with Gasteiger partial charge >= 0.3 is 0 Å². The van der Waals surface area contributed by atoms with Crippen LogP contribution in [-0.2, 0) is 7.05 Å². The smallest absolute Gasteiger partial charge is 0.272 e. The van der Waals surface area contributed by atoms with E-state index in [1.54, 1.807) is 49.3 Å². The molecule has 188 valence electrons. The summed E-state index contributed by atoms with van der Waals surface area (Å²) >= 11 is 0. The van der Waals surface area contributed by atoms with Crippen molar-refractivity contribution in [3.8, 4) is 17.5 Å². The Bertz CT molecular complexity index is 1790. The maximum Gasteiger partial charge on any atom is 0.272 e. The van der Waals surface area contributed by atoms with Gasteiger partial charge in [0.15, 0.2) is 0 Å². The Morgan fingerprint density at radius 1 is 1.00 bits per heavy atom. The first-order valence-electron chi connectivity index (χ1n) is 12.0. The summed E-state index contributed by atoms with van der Waals surface area (Å²) in [5.74, 6) is 6.17. The average Bonchev–Trinajstić information content (AvgIpc) is 3.32. The molecule has 0 radical (unpaired) electrons. The molecule has 5 aromatic rings. The SMILES string of the molecule is Cc1cnc(C(=O)NC(C)c2nc3cccc(C#Cc4cnn(C)c4)c3c(=O)n2-c2ccccc2)c(C)n1. The minimum Gasteiger partial charge on any atom is -0.341 e. The highest BCUT2D eigenvalue weighted by atomic mass is 16.2. The molecule has 5 rings (SSSR count). The number of amides is 1. The summed E-state index contributed by atoms with van der Waals surface area (Å²) in [6, 6.07) is 14.0. The Hall–Kier alpha value is -5.10. The number of nitrogens with one attached hydrogen (secondary N) is 1. The Morgan fingerprint density at radius 3 is 2.50 bits per heavy atom. The van der Waals surface area contributed by atoms with E-state index in [1.807, 2.05) is 50.4 Å². The molecule has 0 aliphatic carbocycles. The van der Waals surface area contributed by atoms with Crippen molar-refractivity contribution >= 4 is 16.8 Å². The monoisotopic (exact) mass is 503 g/mol. The van der Waals surface area contributed by atoms with Gasteiger partial charge in [0, 0.05) is 25.0 Å². The van der Waals surface area contributed by atoms with E-state index in [1.165, 1.54) is 4.57 Å². The van der Waals surface area contributed by atoms with E-state index in [2.05, 4.69) is 32.2 Å². The summed E-state index contributed by atoms with van der Waals surface area (Å²) < 4.78 is 3.19. The number of benzene rings is 2. The summed E-state index contributed by atoms with van der Waals surface area (Å²) in [4.78, 5) is 40.5. The predicted molar refractivity (Wildman–Crippen MR) is 144 cm³/mol. The lowest BCUT2D eigenvalue weighted by atomic mass is 10.1. The number of hydrogen-bond donors (Lipinski definition) is 1. The lowest BCUT2D eigenvalue weighted by molar-refractivity contribution is 0.0931. The Balaban J connectivity index is 1.64. The maximum absolute atomic E-state index is 14.0. The van der Waals surface area contributed by atoms with Gasteiger partial charge in [-0.25, -0.2) is 9.97 Å². The van der Waals surface area contributed by atoms with E-state index in [-0.39, 0.29) is 11.3 Å². The minimum atomic E-state index is -0.618. The van der Waals surface area contributed by atoms with Crippen LogP contribution in [-0.4, -0.2) is 35.2 Å². The fraction of sp³-hybridized carbons (Fsp3) is 0.172. The Kier molecular flexibility index (Phi) is 6.54. The molecule has 1 atom stereocenters. The van der Waals surface area contributed by atoms with Crippen LogP contribution in [0.2, 0.25) is 0 Å². The van der Waals surface area contributed by atoms with E-state index in [0.717, 1.165) is 11.3 Å². The largest absolute Gasteiger partial charge is 0.341 e. The Morgan fingerprint density at radius 2 is 1.79 bits per heavy atom. The minimum absolute atomic E-state index is 0.227. The number of aryl methyl sites for hydroxylation is 3. The van der Waals surface area contributed by atoms with Crippen LogP contribution in [0.3, 0.4) is 0 Å². The fourth-order valence-electron chi connectivity index (χ4n) is 4.24. The molecular formula is C29H25N7O2. The highest BCUT2D eigenvalue weighted by Crippen LogP contribution is 2.20. The van der Waals surface area contributed by atoms with Crippen molar-refractivity contribution in [1.29, 1.82) is 0 Å². The zero-order valence-corrected chi connectivity index (χ0v) is 21.4. The molecule has 1 unspecified atom stereocenters. The number of aromatic nitrogens is 6. The molecule has 9 nitrogen and oxygen atoms in total. The third kappa shape index (κ3) is 4.80. The summed E-state index contributed by atoms with van der Waals surface area (Å²) in [6.07, 6.45) is 5.03. The van der Waals surface area contributed by atoms with Crippen molar-refractivity contribution in [3.05, 3.63) is 112 Å². The highest BCUT2D eigenvalue weighted by Gasteiger charge is 2.22. The van der Waals surface area contributed by atoms with Crippen LogP contribution in [0.5, 0.6) is 0 Å². The first-order chi connectivity index (χ1) is 18.3. The highest BCUT2D eigenvalue weighted by molar-refractivity contribution is 5.93. The third-order valence-corrected chi connectivity index (χ3v) is 6.00. The second kappa shape index (κ2) is 10.1. The molecular weight excluding hydrogens is 478 g/mol.